The minimum atomic E-state index is -2.63. The molecule has 1 saturated carbocycles. The molecule has 1 aliphatic carbocycles. The second-order valence-electron chi connectivity index (χ2n) is 9.74. The standard InChI is InChI=1S/C24H26F2N8O2/c1-15(35)32-12-24(13-32)7-4-17(5-8-24)29-23-30-22(36-11-19(25)26)21-18(6-9-33(21)31-23)16-2-3-20-27-14-28-34(20)10-16/h2-3,6,9-10,14,17,19H,4-5,7-8,11-13H2,1H3,(H,29,31). The van der Waals surface area contributed by atoms with Gasteiger partial charge in [0.15, 0.2) is 12.3 Å². The van der Waals surface area contributed by atoms with Crippen LogP contribution in [0.4, 0.5) is 14.7 Å². The number of nitrogens with zero attached hydrogens (tertiary/aromatic N) is 7. The molecule has 1 N–H and O–H groups in total. The van der Waals surface area contributed by atoms with Crippen LogP contribution in [0.5, 0.6) is 5.88 Å². The van der Waals surface area contributed by atoms with Crippen molar-refractivity contribution in [3.8, 4) is 17.0 Å². The lowest BCUT2D eigenvalue weighted by Crippen LogP contribution is -2.59. The summed E-state index contributed by atoms with van der Waals surface area (Å²) in [6, 6.07) is 5.72. The molecule has 1 saturated heterocycles. The normalized spacial score (nSPS) is 17.7. The highest BCUT2D eigenvalue weighted by molar-refractivity contribution is 5.84. The number of halogens is 2. The van der Waals surface area contributed by atoms with Gasteiger partial charge in [0.2, 0.25) is 17.7 Å². The number of alkyl halides is 2. The molecular formula is C24H26F2N8O2. The third-order valence-electron chi connectivity index (χ3n) is 7.29. The fourth-order valence-electron chi connectivity index (χ4n) is 5.36. The van der Waals surface area contributed by atoms with Crippen LogP contribution in [-0.2, 0) is 4.79 Å². The maximum absolute atomic E-state index is 13.0. The highest BCUT2D eigenvalue weighted by Gasteiger charge is 2.46. The molecule has 36 heavy (non-hydrogen) atoms. The molecule has 1 aliphatic heterocycles. The lowest BCUT2D eigenvalue weighted by molar-refractivity contribution is -0.143. The first-order valence-electron chi connectivity index (χ1n) is 12.0. The Bertz CT molecular complexity index is 1420. The molecule has 4 aromatic rings. The first-order chi connectivity index (χ1) is 17.4. The smallest absolute Gasteiger partial charge is 0.272 e. The third-order valence-corrected chi connectivity index (χ3v) is 7.29. The SMILES string of the molecule is CC(=O)N1CC2(CCC(Nc3nc(OCC(F)F)c4c(-c5ccc6ncnn6c5)ccn4n3)CC2)C1. The summed E-state index contributed by atoms with van der Waals surface area (Å²) < 4.78 is 34.8. The molecule has 0 radical (unpaired) electrons. The van der Waals surface area contributed by atoms with E-state index in [4.69, 9.17) is 4.74 Å². The molecule has 10 nitrogen and oxygen atoms in total. The molecule has 188 valence electrons. The highest BCUT2D eigenvalue weighted by Crippen LogP contribution is 2.44. The van der Waals surface area contributed by atoms with Crippen molar-refractivity contribution < 1.29 is 18.3 Å². The lowest BCUT2D eigenvalue weighted by atomic mass is 9.67. The van der Waals surface area contributed by atoms with Crippen molar-refractivity contribution in [2.24, 2.45) is 5.41 Å². The van der Waals surface area contributed by atoms with E-state index in [9.17, 15) is 13.6 Å². The fourth-order valence-corrected chi connectivity index (χ4v) is 5.36. The third kappa shape index (κ3) is 4.10. The van der Waals surface area contributed by atoms with Gasteiger partial charge in [-0.1, -0.05) is 0 Å². The fraction of sp³-hybridized carbons (Fsp3) is 0.458. The number of carbonyl (C=O) groups is 1. The van der Waals surface area contributed by atoms with Gasteiger partial charge in [-0.15, -0.1) is 5.10 Å². The van der Waals surface area contributed by atoms with Gasteiger partial charge in [-0.05, 0) is 43.9 Å². The predicted molar refractivity (Wildman–Crippen MR) is 127 cm³/mol. The minimum absolute atomic E-state index is 0.0925. The van der Waals surface area contributed by atoms with E-state index in [2.05, 4.69) is 25.5 Å². The zero-order chi connectivity index (χ0) is 24.9. The number of anilines is 1. The number of ether oxygens (including phenoxy) is 1. The summed E-state index contributed by atoms with van der Waals surface area (Å²) >= 11 is 0. The Morgan fingerprint density at radius 1 is 1.22 bits per heavy atom. The summed E-state index contributed by atoms with van der Waals surface area (Å²) in [7, 11) is 0. The van der Waals surface area contributed by atoms with Crippen LogP contribution in [0, 0.1) is 5.41 Å². The maximum atomic E-state index is 13.0. The van der Waals surface area contributed by atoms with Crippen LogP contribution < -0.4 is 10.1 Å². The summed E-state index contributed by atoms with van der Waals surface area (Å²) in [4.78, 5) is 22.1. The van der Waals surface area contributed by atoms with Gasteiger partial charge in [-0.3, -0.25) is 4.79 Å². The number of fused-ring (bicyclic) bond motifs is 2. The van der Waals surface area contributed by atoms with E-state index in [1.807, 2.05) is 29.3 Å². The summed E-state index contributed by atoms with van der Waals surface area (Å²) in [5.74, 6) is 0.557. The van der Waals surface area contributed by atoms with Crippen molar-refractivity contribution in [2.75, 3.05) is 25.0 Å². The average Bonchev–Trinajstić information content (AvgIpc) is 3.48. The Balaban J connectivity index is 1.25. The van der Waals surface area contributed by atoms with E-state index < -0.39 is 13.0 Å². The number of hydrogen-bond donors (Lipinski definition) is 1. The number of carbonyl (C=O) groups excluding carboxylic acids is 1. The summed E-state index contributed by atoms with van der Waals surface area (Å²) in [5.41, 5.74) is 2.97. The second kappa shape index (κ2) is 8.68. The number of pyridine rings is 1. The molecule has 6 rings (SSSR count). The quantitative estimate of drug-likeness (QED) is 0.437. The molecule has 4 aromatic heterocycles. The molecule has 0 bridgehead atoms. The molecule has 0 aromatic carbocycles. The van der Waals surface area contributed by atoms with Crippen LogP contribution in [-0.4, -0.2) is 72.2 Å². The van der Waals surface area contributed by atoms with E-state index >= 15 is 0 Å². The summed E-state index contributed by atoms with van der Waals surface area (Å²) in [5, 5.41) is 12.1. The molecule has 0 atom stereocenters. The monoisotopic (exact) mass is 496 g/mol. The number of rotatable bonds is 6. The topological polar surface area (TPSA) is 102 Å². The van der Waals surface area contributed by atoms with E-state index in [-0.39, 0.29) is 23.2 Å². The van der Waals surface area contributed by atoms with Crippen LogP contribution in [0.25, 0.3) is 22.3 Å². The number of nitrogens with one attached hydrogen (secondary N) is 1. The number of aromatic nitrogens is 6. The second-order valence-corrected chi connectivity index (χ2v) is 9.74. The molecule has 2 aliphatic rings. The molecule has 1 spiro atoms. The van der Waals surface area contributed by atoms with Crippen LogP contribution >= 0.6 is 0 Å². The minimum Gasteiger partial charge on any atom is -0.470 e. The van der Waals surface area contributed by atoms with Gasteiger partial charge in [-0.25, -0.2) is 22.8 Å². The number of hydrogen-bond acceptors (Lipinski definition) is 7. The maximum Gasteiger partial charge on any atom is 0.272 e. The first kappa shape index (κ1) is 22.6. The van der Waals surface area contributed by atoms with E-state index in [0.29, 0.717) is 17.1 Å². The van der Waals surface area contributed by atoms with Gasteiger partial charge in [0.25, 0.3) is 6.43 Å². The van der Waals surface area contributed by atoms with Gasteiger partial charge in [0, 0.05) is 55.0 Å². The van der Waals surface area contributed by atoms with Crippen LogP contribution in [0.15, 0.2) is 36.9 Å². The van der Waals surface area contributed by atoms with Crippen molar-refractivity contribution >= 4 is 23.0 Å². The van der Waals surface area contributed by atoms with Gasteiger partial charge >= 0.3 is 0 Å². The van der Waals surface area contributed by atoms with Gasteiger partial charge in [-0.2, -0.15) is 10.1 Å². The zero-order valence-corrected chi connectivity index (χ0v) is 19.8. The Hall–Kier alpha value is -3.83. The van der Waals surface area contributed by atoms with E-state index in [0.717, 1.165) is 49.9 Å². The number of likely N-dealkylation sites (tertiary alicyclic amines) is 1. The average molecular weight is 497 g/mol. The van der Waals surface area contributed by atoms with Crippen LogP contribution in [0.2, 0.25) is 0 Å². The van der Waals surface area contributed by atoms with Crippen molar-refractivity contribution in [3.63, 3.8) is 0 Å². The van der Waals surface area contributed by atoms with E-state index in [1.165, 1.54) is 6.33 Å². The molecule has 0 unspecified atom stereocenters. The van der Waals surface area contributed by atoms with Crippen molar-refractivity contribution in [1.29, 1.82) is 0 Å². The molecule has 1 amide bonds. The van der Waals surface area contributed by atoms with E-state index in [1.54, 1.807) is 22.2 Å². The molecule has 2 fully saturated rings. The predicted octanol–water partition coefficient (Wildman–Crippen LogP) is 3.29. The molecule has 12 heteroatoms. The largest absolute Gasteiger partial charge is 0.470 e. The Morgan fingerprint density at radius 3 is 2.78 bits per heavy atom. The number of amides is 1. The van der Waals surface area contributed by atoms with Gasteiger partial charge in [0.05, 0.1) is 0 Å². The molecule has 5 heterocycles. The zero-order valence-electron chi connectivity index (χ0n) is 19.8. The van der Waals surface area contributed by atoms with Crippen molar-refractivity contribution in [2.45, 2.75) is 45.1 Å². The van der Waals surface area contributed by atoms with Crippen LogP contribution in [0.1, 0.15) is 32.6 Å². The van der Waals surface area contributed by atoms with Crippen molar-refractivity contribution in [1.82, 2.24) is 34.1 Å². The Labute approximate surface area is 205 Å². The van der Waals surface area contributed by atoms with Crippen molar-refractivity contribution in [3.05, 3.63) is 36.9 Å². The highest BCUT2D eigenvalue weighted by atomic mass is 19.3. The summed E-state index contributed by atoms with van der Waals surface area (Å²) in [6.45, 7) is 2.50. The Morgan fingerprint density at radius 2 is 2.03 bits per heavy atom. The summed E-state index contributed by atoms with van der Waals surface area (Å²) in [6.07, 6.45) is 6.29. The Kier molecular flexibility index (Phi) is 5.45. The van der Waals surface area contributed by atoms with Gasteiger partial charge in [0.1, 0.15) is 11.8 Å². The van der Waals surface area contributed by atoms with Gasteiger partial charge < -0.3 is 15.0 Å². The lowest BCUT2D eigenvalue weighted by Gasteiger charge is -2.53. The first-order valence-corrected chi connectivity index (χ1v) is 12.0. The van der Waals surface area contributed by atoms with Crippen LogP contribution in [0.3, 0.4) is 0 Å². The molecular weight excluding hydrogens is 470 g/mol.